The molecule has 1 saturated heterocycles. The van der Waals surface area contributed by atoms with E-state index >= 15 is 0 Å². The van der Waals surface area contributed by atoms with Gasteiger partial charge in [-0.15, -0.1) is 0 Å². The molecular weight excluding hydrogens is 912 g/mol. The number of ketones is 1. The lowest BCUT2D eigenvalue weighted by molar-refractivity contribution is -0.527. The summed E-state index contributed by atoms with van der Waals surface area (Å²) in [6, 6.07) is 14.1. The Balaban J connectivity index is 0.000000250. The maximum absolute atomic E-state index is 14.9. The molecule has 18 nitrogen and oxygen atoms in total. The van der Waals surface area contributed by atoms with Crippen LogP contribution >= 0.6 is 46.4 Å². The number of nitro groups is 2. The Hall–Kier alpha value is -5.68. The van der Waals surface area contributed by atoms with Crippen molar-refractivity contribution in [3.63, 3.8) is 0 Å². The van der Waals surface area contributed by atoms with Gasteiger partial charge in [-0.3, -0.25) is 44.7 Å². The number of benzene rings is 4. The van der Waals surface area contributed by atoms with Crippen molar-refractivity contribution in [3.8, 4) is 0 Å². The predicted octanol–water partition coefficient (Wildman–Crippen LogP) is 4.87. The molecule has 3 heterocycles. The van der Waals surface area contributed by atoms with Crippen LogP contribution in [0.4, 0.5) is 20.2 Å². The van der Waals surface area contributed by atoms with E-state index < -0.39 is 87.8 Å². The number of nitrogens with two attached hydrogens (primary N) is 1. The summed E-state index contributed by atoms with van der Waals surface area (Å²) in [7, 11) is 1.00. The van der Waals surface area contributed by atoms with E-state index in [1.54, 1.807) is 24.3 Å². The number of amides is 2. The number of nitrogens with zero attached hydrogens (tertiary/aromatic N) is 2. The number of aliphatic carboxylic acids is 1. The monoisotopic (exact) mass is 944 g/mol. The zero-order chi connectivity index (χ0) is 46.6. The van der Waals surface area contributed by atoms with Gasteiger partial charge in [0.2, 0.25) is 18.1 Å². The lowest BCUT2D eigenvalue weighted by atomic mass is 9.74. The van der Waals surface area contributed by atoms with E-state index in [1.165, 1.54) is 48.5 Å². The van der Waals surface area contributed by atoms with E-state index in [-0.39, 0.29) is 21.2 Å². The van der Waals surface area contributed by atoms with E-state index in [2.05, 4.69) is 16.0 Å². The first kappa shape index (κ1) is 50.7. The minimum atomic E-state index is -1.66. The number of carbonyl (C=O) groups is 4. The summed E-state index contributed by atoms with van der Waals surface area (Å²) in [4.78, 5) is 65.2. The minimum Gasteiger partial charge on any atom is -0.480 e. The number of hydrogen-bond acceptors (Lipinski definition) is 13. The molecule has 1 spiro atoms. The van der Waals surface area contributed by atoms with Crippen LogP contribution in [0.15, 0.2) is 79.0 Å². The van der Waals surface area contributed by atoms with E-state index in [4.69, 9.17) is 67.5 Å². The van der Waals surface area contributed by atoms with Crippen LogP contribution in [0.2, 0.25) is 20.1 Å². The fourth-order valence-corrected chi connectivity index (χ4v) is 7.01. The van der Waals surface area contributed by atoms with Gasteiger partial charge in [-0.05, 0) is 42.5 Å². The molecule has 24 heteroatoms. The normalized spacial score (nSPS) is 19.5. The van der Waals surface area contributed by atoms with Crippen LogP contribution in [0, 0.1) is 31.9 Å². The Labute approximate surface area is 369 Å². The Bertz CT molecular complexity index is 2400. The summed E-state index contributed by atoms with van der Waals surface area (Å²) in [5.74, 6) is -5.59. The SMILES string of the molecule is CO.N[C@@H](CO)C(=O)O.O=C1Nc2cc(Cl)ccc2C1=O.O=C1Nc2cc(Cl)ccc2[C@]12N[C@@H](CO)[C@@H]([N+](=O)[O-])[C@@H]2c1cccc(Cl)c1F.O=[N+]([O-])/C=C/c1cccc(Cl)c1F. The van der Waals surface area contributed by atoms with Gasteiger partial charge in [0.25, 0.3) is 11.7 Å². The molecule has 0 aliphatic carbocycles. The lowest BCUT2D eigenvalue weighted by Crippen LogP contribution is -2.49. The smallest absolute Gasteiger partial charge is 0.322 e. The molecule has 62 heavy (non-hydrogen) atoms. The summed E-state index contributed by atoms with van der Waals surface area (Å²) in [5.41, 5.74) is 4.80. The number of aliphatic hydroxyl groups excluding tert-OH is 3. The van der Waals surface area contributed by atoms with E-state index in [1.807, 2.05) is 0 Å². The molecule has 3 aliphatic rings. The summed E-state index contributed by atoms with van der Waals surface area (Å²) in [6.07, 6.45) is 1.72. The van der Waals surface area contributed by atoms with Gasteiger partial charge in [-0.2, -0.15) is 0 Å². The summed E-state index contributed by atoms with van der Waals surface area (Å²) in [6.45, 7) is -1.11. The van der Waals surface area contributed by atoms with Gasteiger partial charge in [0.15, 0.2) is 0 Å². The largest absolute Gasteiger partial charge is 0.480 e. The van der Waals surface area contributed by atoms with E-state index in [9.17, 15) is 53.3 Å². The summed E-state index contributed by atoms with van der Waals surface area (Å²) in [5, 5.41) is 63.1. The number of carbonyl (C=O) groups excluding carboxylic acids is 3. The highest BCUT2D eigenvalue weighted by Gasteiger charge is 2.67. The maximum atomic E-state index is 14.9. The minimum absolute atomic E-state index is 0.0505. The third-order valence-corrected chi connectivity index (χ3v) is 10.0. The molecule has 0 unspecified atom stereocenters. The van der Waals surface area contributed by atoms with Crippen LogP contribution in [0.25, 0.3) is 6.08 Å². The average Bonchev–Trinajstić information content (AvgIpc) is 3.83. The molecule has 330 valence electrons. The maximum Gasteiger partial charge on any atom is 0.322 e. The number of carboxylic acids is 1. The lowest BCUT2D eigenvalue weighted by Gasteiger charge is -2.30. The molecule has 1 fully saturated rings. The molecule has 0 aromatic heterocycles. The standard InChI is InChI=1S/C18H14Cl2FN3O4.C8H5ClFNO2.C8H4ClNO2.C3H7NO3.CH4O/c19-8-4-5-10-12(6-8)22-17(26)18(10)14(9-2-1-3-11(20)15(9)21)16(24(27)28)13(7-25)23-18;9-7-3-1-2-6(8(7)10)4-5-11(12)13;9-4-1-2-5-6(3-4)10-8(12)7(5)11;4-2(1-5)3(6)7;1-2/h1-6,13-14,16,23,25H,7H2,(H,22,26);1-5H;1-3H,(H,10,11,12);2,5H,1,4H2,(H,6,7);2H,1H3/b;5-4+;;;/t13-,14-,16+,18+;;;2-;/m0..0./s1. The molecule has 4 aromatic carbocycles. The van der Waals surface area contributed by atoms with Crippen LogP contribution in [-0.4, -0.2) is 92.3 Å². The number of Topliss-reactive ketones (excluding diaryl/α,β-unsaturated/α-hetero) is 1. The van der Waals surface area contributed by atoms with Crippen molar-refractivity contribution in [3.05, 3.63) is 153 Å². The molecule has 3 aliphatic heterocycles. The second-order valence-electron chi connectivity index (χ2n) is 12.6. The van der Waals surface area contributed by atoms with Crippen molar-refractivity contribution in [1.82, 2.24) is 5.32 Å². The van der Waals surface area contributed by atoms with Crippen molar-refractivity contribution >= 4 is 87.4 Å². The van der Waals surface area contributed by atoms with Crippen molar-refractivity contribution in [2.75, 3.05) is 31.0 Å². The fourth-order valence-electron chi connectivity index (χ4n) is 6.30. The van der Waals surface area contributed by atoms with Gasteiger partial charge >= 0.3 is 5.97 Å². The fraction of sp³-hybridized carbons (Fsp3) is 0.211. The second kappa shape index (κ2) is 22.4. The predicted molar refractivity (Wildman–Crippen MR) is 223 cm³/mol. The van der Waals surface area contributed by atoms with Crippen molar-refractivity contribution in [1.29, 1.82) is 0 Å². The number of nitrogens with one attached hydrogen (secondary N) is 3. The summed E-state index contributed by atoms with van der Waals surface area (Å²) >= 11 is 23.0. The highest BCUT2D eigenvalue weighted by atomic mass is 35.5. The van der Waals surface area contributed by atoms with Crippen molar-refractivity contribution in [2.45, 2.75) is 29.6 Å². The number of aliphatic hydroxyl groups is 3. The number of anilines is 2. The highest BCUT2D eigenvalue weighted by Crippen LogP contribution is 2.53. The molecule has 0 bridgehead atoms. The second-order valence-corrected chi connectivity index (χ2v) is 14.3. The number of hydrogen-bond donors (Lipinski definition) is 8. The third kappa shape index (κ3) is 11.4. The molecule has 0 radical (unpaired) electrons. The third-order valence-electron chi connectivity index (χ3n) is 8.95. The van der Waals surface area contributed by atoms with Gasteiger partial charge in [0.05, 0.1) is 45.4 Å². The molecule has 2 amide bonds. The van der Waals surface area contributed by atoms with Crippen LogP contribution in [0.3, 0.4) is 0 Å². The van der Waals surface area contributed by atoms with Crippen molar-refractivity contribution < 1.29 is 58.2 Å². The van der Waals surface area contributed by atoms with Gasteiger partial charge < -0.3 is 36.8 Å². The topological polar surface area (TPSA) is 298 Å². The first-order valence-corrected chi connectivity index (χ1v) is 18.8. The number of halogens is 6. The molecule has 4 aromatic rings. The first-order valence-electron chi connectivity index (χ1n) is 17.3. The van der Waals surface area contributed by atoms with Crippen LogP contribution in [-0.2, 0) is 19.9 Å². The zero-order valence-electron chi connectivity index (χ0n) is 31.6. The van der Waals surface area contributed by atoms with Gasteiger partial charge in [0.1, 0.15) is 29.3 Å². The van der Waals surface area contributed by atoms with Gasteiger partial charge in [-0.25, -0.2) is 8.78 Å². The average molecular weight is 947 g/mol. The number of fused-ring (bicyclic) bond motifs is 3. The Morgan fingerprint density at radius 2 is 1.47 bits per heavy atom. The number of rotatable bonds is 7. The molecule has 9 N–H and O–H groups in total. The molecule has 5 atom stereocenters. The summed E-state index contributed by atoms with van der Waals surface area (Å²) < 4.78 is 28.0. The molecule has 7 rings (SSSR count). The van der Waals surface area contributed by atoms with E-state index in [0.29, 0.717) is 38.7 Å². The first-order chi connectivity index (χ1) is 29.3. The van der Waals surface area contributed by atoms with Gasteiger partial charge in [0, 0.05) is 50.5 Å². The van der Waals surface area contributed by atoms with Crippen LogP contribution < -0.4 is 21.7 Å². The highest BCUT2D eigenvalue weighted by molar-refractivity contribution is 6.52. The van der Waals surface area contributed by atoms with Crippen LogP contribution in [0.5, 0.6) is 0 Å². The quantitative estimate of drug-likeness (QED) is 0.0697. The Kier molecular flexibility index (Phi) is 18.3. The Morgan fingerprint density at radius 1 is 0.887 bits per heavy atom. The van der Waals surface area contributed by atoms with E-state index in [0.717, 1.165) is 13.2 Å². The Morgan fingerprint density at radius 3 is 2.02 bits per heavy atom. The van der Waals surface area contributed by atoms with Crippen LogP contribution in [0.1, 0.15) is 33.0 Å². The molecule has 0 saturated carbocycles. The number of carboxylic acid groups (broad SMARTS) is 1. The van der Waals surface area contributed by atoms with Crippen molar-refractivity contribution in [2.24, 2.45) is 5.73 Å². The van der Waals surface area contributed by atoms with Gasteiger partial charge in [-0.1, -0.05) is 76.7 Å². The molecular formula is C38H34Cl4F2N6O12. The zero-order valence-corrected chi connectivity index (χ0v) is 34.6.